The maximum atomic E-state index is 5.99. The van der Waals surface area contributed by atoms with Gasteiger partial charge in [-0.2, -0.15) is 0 Å². The Morgan fingerprint density at radius 2 is 2.29 bits per heavy atom. The fraction of sp³-hybridized carbons (Fsp3) is 0.714. The maximum Gasteiger partial charge on any atom is 0.118 e. The van der Waals surface area contributed by atoms with E-state index in [4.69, 9.17) is 10.2 Å². The van der Waals surface area contributed by atoms with Crippen molar-refractivity contribution >= 4 is 0 Å². The molecule has 2 aliphatic rings. The van der Waals surface area contributed by atoms with E-state index in [1.165, 1.54) is 25.0 Å². The molecular weight excluding hydrogens is 212 g/mol. The largest absolute Gasteiger partial charge is 0.464 e. The summed E-state index contributed by atoms with van der Waals surface area (Å²) in [5.74, 6) is 3.80. The van der Waals surface area contributed by atoms with Gasteiger partial charge in [-0.05, 0) is 43.9 Å². The van der Waals surface area contributed by atoms with Crippen LogP contribution < -0.4 is 5.73 Å². The Hall–Kier alpha value is -0.800. The molecule has 3 atom stereocenters. The van der Waals surface area contributed by atoms with E-state index in [1.54, 1.807) is 0 Å². The molecule has 3 nitrogen and oxygen atoms in total. The first kappa shape index (κ1) is 11.3. The highest BCUT2D eigenvalue weighted by atomic mass is 16.3. The molecule has 0 bridgehead atoms. The molecule has 0 spiro atoms. The molecule has 1 aliphatic heterocycles. The maximum absolute atomic E-state index is 5.99. The summed E-state index contributed by atoms with van der Waals surface area (Å²) in [6.45, 7) is 5.38. The Balaban J connectivity index is 1.59. The van der Waals surface area contributed by atoms with Crippen LogP contribution in [0, 0.1) is 5.92 Å². The van der Waals surface area contributed by atoms with Crippen molar-refractivity contribution in [2.24, 2.45) is 11.7 Å². The van der Waals surface area contributed by atoms with Crippen LogP contribution in [0.3, 0.4) is 0 Å². The van der Waals surface area contributed by atoms with Crippen LogP contribution in [0.25, 0.3) is 0 Å². The number of furan rings is 1. The molecule has 3 unspecified atom stereocenters. The van der Waals surface area contributed by atoms with E-state index in [2.05, 4.69) is 24.0 Å². The normalized spacial score (nSPS) is 33.9. The van der Waals surface area contributed by atoms with Gasteiger partial charge in [0.15, 0.2) is 0 Å². The van der Waals surface area contributed by atoms with Gasteiger partial charge in [-0.3, -0.25) is 4.90 Å². The molecule has 17 heavy (non-hydrogen) atoms. The summed E-state index contributed by atoms with van der Waals surface area (Å²) in [6.07, 6.45) is 3.68. The van der Waals surface area contributed by atoms with Crippen molar-refractivity contribution in [3.63, 3.8) is 0 Å². The molecule has 2 fully saturated rings. The number of likely N-dealkylation sites (tertiary alicyclic amines) is 1. The fourth-order valence-electron chi connectivity index (χ4n) is 2.85. The minimum absolute atomic E-state index is 0.349. The van der Waals surface area contributed by atoms with Crippen molar-refractivity contribution < 1.29 is 4.42 Å². The SMILES string of the molecule is CC1CC1c1ccc(CN2CCCC(N)C2)o1. The molecule has 1 aliphatic carbocycles. The Morgan fingerprint density at radius 1 is 1.47 bits per heavy atom. The second kappa shape index (κ2) is 4.46. The summed E-state index contributed by atoms with van der Waals surface area (Å²) < 4.78 is 5.93. The van der Waals surface area contributed by atoms with E-state index in [0.717, 1.165) is 31.3 Å². The second-order valence-electron chi connectivity index (χ2n) is 5.76. The lowest BCUT2D eigenvalue weighted by Crippen LogP contribution is -2.42. The van der Waals surface area contributed by atoms with E-state index in [0.29, 0.717) is 12.0 Å². The zero-order valence-corrected chi connectivity index (χ0v) is 10.6. The highest BCUT2D eigenvalue weighted by molar-refractivity contribution is 5.17. The second-order valence-corrected chi connectivity index (χ2v) is 5.76. The third-order valence-corrected chi connectivity index (χ3v) is 4.08. The Kier molecular flexibility index (Phi) is 2.97. The molecule has 94 valence electrons. The lowest BCUT2D eigenvalue weighted by Gasteiger charge is -2.29. The van der Waals surface area contributed by atoms with Gasteiger partial charge in [-0.25, -0.2) is 0 Å². The quantitative estimate of drug-likeness (QED) is 0.872. The molecule has 1 saturated heterocycles. The van der Waals surface area contributed by atoms with Crippen molar-refractivity contribution in [3.05, 3.63) is 23.7 Å². The molecule has 3 heteroatoms. The number of nitrogens with two attached hydrogens (primary N) is 1. The van der Waals surface area contributed by atoms with Gasteiger partial charge in [-0.1, -0.05) is 6.92 Å². The molecule has 2 N–H and O–H groups in total. The predicted octanol–water partition coefficient (Wildman–Crippen LogP) is 2.33. The van der Waals surface area contributed by atoms with Crippen LogP contribution in [-0.2, 0) is 6.54 Å². The number of hydrogen-bond donors (Lipinski definition) is 1. The highest BCUT2D eigenvalue weighted by Crippen LogP contribution is 2.47. The number of piperidine rings is 1. The van der Waals surface area contributed by atoms with Crippen LogP contribution in [0.4, 0.5) is 0 Å². The van der Waals surface area contributed by atoms with Crippen LogP contribution in [0.15, 0.2) is 16.5 Å². The molecular formula is C14H22N2O. The topological polar surface area (TPSA) is 42.4 Å². The van der Waals surface area contributed by atoms with Crippen LogP contribution in [0.1, 0.15) is 43.6 Å². The van der Waals surface area contributed by atoms with E-state index < -0.39 is 0 Å². The average molecular weight is 234 g/mol. The molecule has 0 radical (unpaired) electrons. The van der Waals surface area contributed by atoms with Gasteiger partial charge in [0, 0.05) is 18.5 Å². The monoisotopic (exact) mass is 234 g/mol. The summed E-state index contributed by atoms with van der Waals surface area (Å²) >= 11 is 0. The van der Waals surface area contributed by atoms with Crippen molar-refractivity contribution in [1.82, 2.24) is 4.90 Å². The Morgan fingerprint density at radius 3 is 3.00 bits per heavy atom. The summed E-state index contributed by atoms with van der Waals surface area (Å²) in [5.41, 5.74) is 5.99. The molecule has 2 heterocycles. The number of hydrogen-bond acceptors (Lipinski definition) is 3. The lowest BCUT2D eigenvalue weighted by molar-refractivity contribution is 0.187. The van der Waals surface area contributed by atoms with Gasteiger partial charge in [-0.15, -0.1) is 0 Å². The number of rotatable bonds is 3. The summed E-state index contributed by atoms with van der Waals surface area (Å²) in [6, 6.07) is 4.65. The van der Waals surface area contributed by atoms with Crippen LogP contribution in [-0.4, -0.2) is 24.0 Å². The van der Waals surface area contributed by atoms with Gasteiger partial charge < -0.3 is 10.2 Å². The third-order valence-electron chi connectivity index (χ3n) is 4.08. The summed E-state index contributed by atoms with van der Waals surface area (Å²) in [4.78, 5) is 2.41. The van der Waals surface area contributed by atoms with Crippen LogP contribution >= 0.6 is 0 Å². The van der Waals surface area contributed by atoms with Crippen molar-refractivity contribution in [2.75, 3.05) is 13.1 Å². The van der Waals surface area contributed by atoms with Gasteiger partial charge in [0.25, 0.3) is 0 Å². The van der Waals surface area contributed by atoms with E-state index >= 15 is 0 Å². The lowest BCUT2D eigenvalue weighted by atomic mass is 10.1. The molecule has 3 rings (SSSR count). The highest BCUT2D eigenvalue weighted by Gasteiger charge is 2.36. The van der Waals surface area contributed by atoms with Crippen molar-refractivity contribution in [2.45, 2.75) is 44.7 Å². The van der Waals surface area contributed by atoms with Crippen molar-refractivity contribution in [3.8, 4) is 0 Å². The first-order valence-corrected chi connectivity index (χ1v) is 6.79. The predicted molar refractivity (Wildman–Crippen MR) is 67.7 cm³/mol. The third kappa shape index (κ3) is 2.55. The van der Waals surface area contributed by atoms with Gasteiger partial charge in [0.1, 0.15) is 11.5 Å². The smallest absolute Gasteiger partial charge is 0.118 e. The molecule has 1 saturated carbocycles. The molecule has 1 aromatic heterocycles. The zero-order chi connectivity index (χ0) is 11.8. The standard InChI is InChI=1S/C14H22N2O/c1-10-7-13(10)14-5-4-12(17-14)9-16-6-2-3-11(15)8-16/h4-5,10-11,13H,2-3,6-9,15H2,1H3. The van der Waals surface area contributed by atoms with E-state index in [1.807, 2.05) is 0 Å². The average Bonchev–Trinajstić information content (AvgIpc) is 2.85. The van der Waals surface area contributed by atoms with E-state index in [-0.39, 0.29) is 0 Å². The van der Waals surface area contributed by atoms with Gasteiger partial charge in [0.05, 0.1) is 6.54 Å². The minimum atomic E-state index is 0.349. The van der Waals surface area contributed by atoms with E-state index in [9.17, 15) is 0 Å². The Bertz CT molecular complexity index is 387. The van der Waals surface area contributed by atoms with Crippen LogP contribution in [0.5, 0.6) is 0 Å². The van der Waals surface area contributed by atoms with Crippen molar-refractivity contribution in [1.29, 1.82) is 0 Å². The first-order valence-electron chi connectivity index (χ1n) is 6.79. The fourth-order valence-corrected chi connectivity index (χ4v) is 2.85. The zero-order valence-electron chi connectivity index (χ0n) is 10.6. The Labute approximate surface area is 103 Å². The molecule has 0 aromatic carbocycles. The minimum Gasteiger partial charge on any atom is -0.464 e. The first-order chi connectivity index (χ1) is 8.22. The molecule has 1 aromatic rings. The van der Waals surface area contributed by atoms with Crippen LogP contribution in [0.2, 0.25) is 0 Å². The molecule has 0 amide bonds. The van der Waals surface area contributed by atoms with Gasteiger partial charge in [0.2, 0.25) is 0 Å². The summed E-state index contributed by atoms with van der Waals surface area (Å²) in [7, 11) is 0. The van der Waals surface area contributed by atoms with Gasteiger partial charge >= 0.3 is 0 Å². The number of nitrogens with zero attached hydrogens (tertiary/aromatic N) is 1. The summed E-state index contributed by atoms with van der Waals surface area (Å²) in [5, 5.41) is 0.